The van der Waals surface area contributed by atoms with Crippen LogP contribution in [0.1, 0.15) is 26.7 Å². The largest absolute Gasteiger partial charge is 0.399 e. The van der Waals surface area contributed by atoms with Crippen LogP contribution in [0.4, 0.5) is 11.4 Å². The van der Waals surface area contributed by atoms with E-state index in [0.29, 0.717) is 44.1 Å². The second-order valence-corrected chi connectivity index (χ2v) is 8.00. The second kappa shape index (κ2) is 9.19. The van der Waals surface area contributed by atoms with E-state index >= 15 is 0 Å². The molecule has 1 aromatic carbocycles. The minimum atomic E-state index is -3.78. The zero-order valence-corrected chi connectivity index (χ0v) is 16.1. The van der Waals surface area contributed by atoms with Gasteiger partial charge in [-0.1, -0.05) is 13.3 Å². The summed E-state index contributed by atoms with van der Waals surface area (Å²) in [6, 6.07) is 6.23. The van der Waals surface area contributed by atoms with Crippen LogP contribution in [0.3, 0.4) is 0 Å². The maximum absolute atomic E-state index is 12.9. The Hall–Kier alpha value is -1.86. The molecule has 1 aliphatic heterocycles. The van der Waals surface area contributed by atoms with Gasteiger partial charge < -0.3 is 15.8 Å². The molecule has 144 valence electrons. The zero-order chi connectivity index (χ0) is 19.2. The predicted octanol–water partition coefficient (Wildman–Crippen LogP) is 1.33. The molecular weight excluding hydrogens is 354 g/mol. The van der Waals surface area contributed by atoms with E-state index in [1.165, 1.54) is 6.07 Å². The molecule has 1 aliphatic rings. The van der Waals surface area contributed by atoms with Crippen molar-refractivity contribution in [1.82, 2.24) is 9.62 Å². The van der Waals surface area contributed by atoms with Gasteiger partial charge in [-0.2, -0.15) is 9.98 Å². The molecule has 0 aliphatic carbocycles. The van der Waals surface area contributed by atoms with Crippen LogP contribution >= 0.6 is 0 Å². The van der Waals surface area contributed by atoms with Gasteiger partial charge in [0.25, 0.3) is 0 Å². The van der Waals surface area contributed by atoms with Gasteiger partial charge in [-0.3, -0.25) is 4.90 Å². The van der Waals surface area contributed by atoms with Gasteiger partial charge in [0.05, 0.1) is 31.1 Å². The summed E-state index contributed by atoms with van der Waals surface area (Å²) < 4.78 is 33.8. The zero-order valence-electron chi connectivity index (χ0n) is 15.2. The molecule has 1 aromatic rings. The quantitative estimate of drug-likeness (QED) is 0.581. The first-order valence-electron chi connectivity index (χ1n) is 8.77. The third kappa shape index (κ3) is 5.32. The summed E-state index contributed by atoms with van der Waals surface area (Å²) >= 11 is 0. The Balaban J connectivity index is 2.23. The number of morpholine rings is 1. The van der Waals surface area contributed by atoms with Crippen LogP contribution in [0.5, 0.6) is 0 Å². The van der Waals surface area contributed by atoms with Gasteiger partial charge in [-0.15, -0.1) is 0 Å². The van der Waals surface area contributed by atoms with Crippen LogP contribution in [0.2, 0.25) is 0 Å². The lowest BCUT2D eigenvalue weighted by Gasteiger charge is -2.32. The van der Waals surface area contributed by atoms with Gasteiger partial charge in [-0.25, -0.2) is 8.42 Å². The highest BCUT2D eigenvalue weighted by atomic mass is 32.2. The van der Waals surface area contributed by atoms with Gasteiger partial charge in [0, 0.05) is 18.8 Å². The van der Waals surface area contributed by atoms with Crippen LogP contribution in [-0.4, -0.2) is 51.8 Å². The van der Waals surface area contributed by atoms with Gasteiger partial charge in [0.15, 0.2) is 0 Å². The normalized spacial score (nSPS) is 18.0. The molecule has 2 atom stereocenters. The third-order valence-corrected chi connectivity index (χ3v) is 5.86. The van der Waals surface area contributed by atoms with Crippen molar-refractivity contribution in [3.63, 3.8) is 0 Å². The fourth-order valence-corrected chi connectivity index (χ4v) is 4.25. The molecule has 1 fully saturated rings. The van der Waals surface area contributed by atoms with E-state index in [9.17, 15) is 13.7 Å². The van der Waals surface area contributed by atoms with Crippen molar-refractivity contribution in [3.8, 4) is 6.07 Å². The van der Waals surface area contributed by atoms with Crippen molar-refractivity contribution >= 4 is 21.4 Å². The molecule has 1 heterocycles. The number of nitrogens with zero attached hydrogens (tertiary/aromatic N) is 2. The van der Waals surface area contributed by atoms with Crippen molar-refractivity contribution in [2.45, 2.75) is 43.8 Å². The summed E-state index contributed by atoms with van der Waals surface area (Å²) in [5, 5.41) is 12.3. The summed E-state index contributed by atoms with van der Waals surface area (Å²) in [5.74, 6) is 0. The first-order valence-corrected chi connectivity index (χ1v) is 10.3. The minimum absolute atomic E-state index is 0.0863. The Morgan fingerprint density at radius 1 is 1.38 bits per heavy atom. The number of hydrogen-bond acceptors (Lipinski definition) is 7. The van der Waals surface area contributed by atoms with Crippen molar-refractivity contribution in [2.24, 2.45) is 0 Å². The highest BCUT2D eigenvalue weighted by Gasteiger charge is 2.26. The Morgan fingerprint density at radius 2 is 2.08 bits per heavy atom. The van der Waals surface area contributed by atoms with E-state index in [0.717, 1.165) is 6.42 Å². The molecule has 0 saturated carbocycles. The summed E-state index contributed by atoms with van der Waals surface area (Å²) in [5.41, 5.74) is 6.59. The third-order valence-electron chi connectivity index (χ3n) is 4.28. The molecule has 0 bridgehead atoms. The summed E-state index contributed by atoms with van der Waals surface area (Å²) in [6.45, 7) is 6.29. The van der Waals surface area contributed by atoms with E-state index in [1.54, 1.807) is 12.1 Å². The maximum Gasteiger partial charge on any atom is 0.243 e. The van der Waals surface area contributed by atoms with Gasteiger partial charge >= 0.3 is 0 Å². The number of rotatable bonds is 8. The van der Waals surface area contributed by atoms with Crippen LogP contribution in [0.15, 0.2) is 23.1 Å². The molecule has 4 N–H and O–H groups in total. The number of benzene rings is 1. The molecule has 0 radical (unpaired) electrons. The molecule has 0 amide bonds. The molecule has 0 aromatic heterocycles. The summed E-state index contributed by atoms with van der Waals surface area (Å²) in [6.07, 6.45) is 1.06. The van der Waals surface area contributed by atoms with Crippen molar-refractivity contribution < 1.29 is 13.2 Å². The maximum atomic E-state index is 12.9. The fraction of sp³-hybridized carbons (Fsp3) is 0.588. The summed E-state index contributed by atoms with van der Waals surface area (Å²) in [4.78, 5) is 2.10. The van der Waals surface area contributed by atoms with E-state index in [2.05, 4.69) is 16.1 Å². The number of nitrogen functional groups attached to an aromatic ring is 1. The van der Waals surface area contributed by atoms with Gasteiger partial charge in [0.2, 0.25) is 10.0 Å². The highest BCUT2D eigenvalue weighted by Crippen LogP contribution is 2.25. The lowest BCUT2D eigenvalue weighted by atomic mass is 10.1. The van der Waals surface area contributed by atoms with E-state index in [4.69, 9.17) is 10.5 Å². The van der Waals surface area contributed by atoms with E-state index < -0.39 is 16.1 Å². The SMILES string of the molecule is CCCC(C#N)Nc1cc(N)ccc1S(=O)(=O)NC(C)N1CCOCC1. The van der Waals surface area contributed by atoms with Gasteiger partial charge in [-0.05, 0) is 31.5 Å². The Kier molecular flexibility index (Phi) is 7.23. The van der Waals surface area contributed by atoms with E-state index in [1.807, 2.05) is 18.7 Å². The predicted molar refractivity (Wildman–Crippen MR) is 101 cm³/mol. The standard InChI is InChI=1S/C17H27N5O3S/c1-3-4-15(12-18)20-16-11-14(19)5-6-17(16)26(23,24)21-13(2)22-7-9-25-10-8-22/h5-6,11,13,15,20-21H,3-4,7-10,19H2,1-2H3. The average Bonchev–Trinajstić information content (AvgIpc) is 2.61. The molecular formula is C17H27N5O3S. The van der Waals surface area contributed by atoms with Crippen LogP contribution in [0.25, 0.3) is 0 Å². The number of anilines is 2. The monoisotopic (exact) mass is 381 g/mol. The number of nitrogens with two attached hydrogens (primary N) is 1. The molecule has 9 heteroatoms. The Bertz CT molecular complexity index is 741. The first kappa shape index (κ1) is 20.5. The first-order chi connectivity index (χ1) is 12.4. The van der Waals surface area contributed by atoms with Crippen molar-refractivity contribution in [1.29, 1.82) is 5.26 Å². The number of nitriles is 1. The van der Waals surface area contributed by atoms with E-state index in [-0.39, 0.29) is 11.1 Å². The molecule has 8 nitrogen and oxygen atoms in total. The number of ether oxygens (including phenoxy) is 1. The topological polar surface area (TPSA) is 120 Å². The van der Waals surface area contributed by atoms with Crippen molar-refractivity contribution in [3.05, 3.63) is 18.2 Å². The molecule has 0 spiro atoms. The van der Waals surface area contributed by atoms with Crippen molar-refractivity contribution in [2.75, 3.05) is 37.4 Å². The fourth-order valence-electron chi connectivity index (χ4n) is 2.87. The molecule has 2 rings (SSSR count). The Labute approximate surface area is 155 Å². The number of hydrogen-bond donors (Lipinski definition) is 3. The highest BCUT2D eigenvalue weighted by molar-refractivity contribution is 7.89. The number of nitrogens with one attached hydrogen (secondary N) is 2. The van der Waals surface area contributed by atoms with Gasteiger partial charge in [0.1, 0.15) is 10.9 Å². The molecule has 2 unspecified atom stereocenters. The smallest absolute Gasteiger partial charge is 0.243 e. The lowest BCUT2D eigenvalue weighted by molar-refractivity contribution is 0.0181. The lowest BCUT2D eigenvalue weighted by Crippen LogP contribution is -2.50. The Morgan fingerprint density at radius 3 is 2.69 bits per heavy atom. The van der Waals surface area contributed by atoms with Crippen LogP contribution < -0.4 is 15.8 Å². The average molecular weight is 382 g/mol. The van der Waals surface area contributed by atoms with Crippen LogP contribution in [-0.2, 0) is 14.8 Å². The second-order valence-electron chi connectivity index (χ2n) is 6.32. The van der Waals surface area contributed by atoms with Crippen LogP contribution in [0, 0.1) is 11.3 Å². The summed E-state index contributed by atoms with van der Waals surface area (Å²) in [7, 11) is -3.78. The minimum Gasteiger partial charge on any atom is -0.399 e. The number of sulfonamides is 1. The molecule has 1 saturated heterocycles. The molecule has 26 heavy (non-hydrogen) atoms.